The van der Waals surface area contributed by atoms with Gasteiger partial charge in [-0.3, -0.25) is 4.79 Å². The lowest BCUT2D eigenvalue weighted by Gasteiger charge is -2.30. The van der Waals surface area contributed by atoms with Gasteiger partial charge in [0.25, 0.3) is 0 Å². The van der Waals surface area contributed by atoms with Gasteiger partial charge in [-0.05, 0) is 24.8 Å². The molecule has 22 heavy (non-hydrogen) atoms. The molecule has 2 N–H and O–H groups in total. The SMILES string of the molecule is CC[C@@H](Cc1ccccc1)NC(=O)N[C@H]1CCC(=O)N(C)C1. The summed E-state index contributed by atoms with van der Waals surface area (Å²) in [5.74, 6) is 0.147. The second-order valence-electron chi connectivity index (χ2n) is 5.92. The number of nitrogens with one attached hydrogen (secondary N) is 2. The molecule has 1 heterocycles. The molecule has 120 valence electrons. The van der Waals surface area contributed by atoms with Crippen molar-refractivity contribution in [3.63, 3.8) is 0 Å². The van der Waals surface area contributed by atoms with Crippen LogP contribution in [0.1, 0.15) is 31.7 Å². The van der Waals surface area contributed by atoms with Crippen LogP contribution in [0, 0.1) is 0 Å². The summed E-state index contributed by atoms with van der Waals surface area (Å²) in [6.45, 7) is 2.66. The van der Waals surface area contributed by atoms with Crippen molar-refractivity contribution in [2.45, 2.75) is 44.7 Å². The smallest absolute Gasteiger partial charge is 0.315 e. The van der Waals surface area contributed by atoms with E-state index < -0.39 is 0 Å². The van der Waals surface area contributed by atoms with Crippen LogP contribution in [0.15, 0.2) is 30.3 Å². The standard InChI is InChI=1S/C17H25N3O2/c1-3-14(11-13-7-5-4-6-8-13)18-17(22)19-15-9-10-16(21)20(2)12-15/h4-8,14-15H,3,9-12H2,1-2H3,(H2,18,19,22)/t14-,15-/m0/s1. The first-order valence-electron chi connectivity index (χ1n) is 7.93. The number of hydrogen-bond acceptors (Lipinski definition) is 2. The number of urea groups is 1. The van der Waals surface area contributed by atoms with Gasteiger partial charge < -0.3 is 15.5 Å². The average molecular weight is 303 g/mol. The molecule has 1 aliphatic rings. The second-order valence-corrected chi connectivity index (χ2v) is 5.92. The molecule has 1 fully saturated rings. The van der Waals surface area contributed by atoms with E-state index in [2.05, 4.69) is 29.7 Å². The van der Waals surface area contributed by atoms with Gasteiger partial charge in [-0.25, -0.2) is 4.79 Å². The van der Waals surface area contributed by atoms with Crippen LogP contribution in [0.3, 0.4) is 0 Å². The molecular weight excluding hydrogens is 278 g/mol. The molecule has 1 aliphatic heterocycles. The largest absolute Gasteiger partial charge is 0.344 e. The van der Waals surface area contributed by atoms with Crippen molar-refractivity contribution >= 4 is 11.9 Å². The third kappa shape index (κ3) is 4.76. The molecule has 1 aromatic carbocycles. The van der Waals surface area contributed by atoms with Gasteiger partial charge in [0.2, 0.25) is 5.91 Å². The summed E-state index contributed by atoms with van der Waals surface area (Å²) in [4.78, 5) is 25.3. The molecule has 0 bridgehead atoms. The topological polar surface area (TPSA) is 61.4 Å². The van der Waals surface area contributed by atoms with Crippen LogP contribution in [0.2, 0.25) is 0 Å². The molecule has 5 heteroatoms. The van der Waals surface area contributed by atoms with Crippen LogP contribution in [0.25, 0.3) is 0 Å². The fourth-order valence-electron chi connectivity index (χ4n) is 2.74. The van der Waals surface area contributed by atoms with Crippen molar-refractivity contribution in [3.8, 4) is 0 Å². The maximum atomic E-state index is 12.1. The zero-order valence-corrected chi connectivity index (χ0v) is 13.3. The zero-order chi connectivity index (χ0) is 15.9. The van der Waals surface area contributed by atoms with Crippen molar-refractivity contribution in [2.75, 3.05) is 13.6 Å². The Labute approximate surface area is 132 Å². The monoisotopic (exact) mass is 303 g/mol. The molecule has 0 aliphatic carbocycles. The minimum absolute atomic E-state index is 0.0388. The molecule has 2 rings (SSSR count). The average Bonchev–Trinajstić information content (AvgIpc) is 2.51. The molecule has 5 nitrogen and oxygen atoms in total. The van der Waals surface area contributed by atoms with E-state index in [-0.39, 0.29) is 24.0 Å². The molecule has 0 aromatic heterocycles. The van der Waals surface area contributed by atoms with E-state index in [1.165, 1.54) is 5.56 Å². The summed E-state index contributed by atoms with van der Waals surface area (Å²) < 4.78 is 0. The van der Waals surface area contributed by atoms with E-state index in [9.17, 15) is 9.59 Å². The molecule has 1 saturated heterocycles. The van der Waals surface area contributed by atoms with Crippen molar-refractivity contribution in [3.05, 3.63) is 35.9 Å². The summed E-state index contributed by atoms with van der Waals surface area (Å²) in [6, 6.07) is 10.2. The maximum Gasteiger partial charge on any atom is 0.315 e. The van der Waals surface area contributed by atoms with Gasteiger partial charge in [0, 0.05) is 32.1 Å². The van der Waals surface area contributed by atoms with Crippen molar-refractivity contribution in [2.24, 2.45) is 0 Å². The number of benzene rings is 1. The summed E-state index contributed by atoms with van der Waals surface area (Å²) in [5.41, 5.74) is 1.22. The molecular formula is C17H25N3O2. The minimum atomic E-state index is -0.143. The number of amides is 3. The van der Waals surface area contributed by atoms with Crippen LogP contribution in [-0.2, 0) is 11.2 Å². The highest BCUT2D eigenvalue weighted by molar-refractivity contribution is 5.78. The molecule has 0 saturated carbocycles. The normalized spacial score (nSPS) is 19.6. The Morgan fingerprint density at radius 1 is 1.36 bits per heavy atom. The van der Waals surface area contributed by atoms with Crippen molar-refractivity contribution in [1.29, 1.82) is 0 Å². The first-order valence-corrected chi connectivity index (χ1v) is 7.93. The Balaban J connectivity index is 1.81. The molecule has 0 spiro atoms. The van der Waals surface area contributed by atoms with Crippen LogP contribution in [-0.4, -0.2) is 42.5 Å². The summed E-state index contributed by atoms with van der Waals surface area (Å²) >= 11 is 0. The van der Waals surface area contributed by atoms with E-state index in [0.29, 0.717) is 19.4 Å². The third-order valence-electron chi connectivity index (χ3n) is 4.11. The number of rotatable bonds is 5. The zero-order valence-electron chi connectivity index (χ0n) is 13.3. The summed E-state index contributed by atoms with van der Waals surface area (Å²) in [6.07, 6.45) is 2.92. The fraction of sp³-hybridized carbons (Fsp3) is 0.529. The first-order chi connectivity index (χ1) is 10.6. The number of likely N-dealkylation sites (tertiary alicyclic amines) is 1. The number of hydrogen-bond donors (Lipinski definition) is 2. The van der Waals surface area contributed by atoms with E-state index >= 15 is 0 Å². The molecule has 2 atom stereocenters. The van der Waals surface area contributed by atoms with Crippen LogP contribution < -0.4 is 10.6 Å². The van der Waals surface area contributed by atoms with Gasteiger partial charge in [0.1, 0.15) is 0 Å². The number of likely N-dealkylation sites (N-methyl/N-ethyl adjacent to an activating group) is 1. The van der Waals surface area contributed by atoms with Gasteiger partial charge in [-0.15, -0.1) is 0 Å². The lowest BCUT2D eigenvalue weighted by atomic mass is 10.0. The highest BCUT2D eigenvalue weighted by atomic mass is 16.2. The lowest BCUT2D eigenvalue weighted by molar-refractivity contribution is -0.132. The highest BCUT2D eigenvalue weighted by Gasteiger charge is 2.24. The van der Waals surface area contributed by atoms with Gasteiger partial charge in [-0.1, -0.05) is 37.3 Å². The fourth-order valence-corrected chi connectivity index (χ4v) is 2.74. The van der Waals surface area contributed by atoms with E-state index in [1.54, 1.807) is 11.9 Å². The predicted octanol–water partition coefficient (Wildman–Crippen LogP) is 1.93. The van der Waals surface area contributed by atoms with E-state index in [1.807, 2.05) is 18.2 Å². The quantitative estimate of drug-likeness (QED) is 0.873. The first kappa shape index (κ1) is 16.3. The summed E-state index contributed by atoms with van der Waals surface area (Å²) in [5, 5.41) is 6.01. The maximum absolute atomic E-state index is 12.1. The van der Waals surface area contributed by atoms with Gasteiger partial charge in [-0.2, -0.15) is 0 Å². The number of carbonyl (C=O) groups excluding carboxylic acids is 2. The second kappa shape index (κ2) is 7.82. The number of nitrogens with zero attached hydrogens (tertiary/aromatic N) is 1. The Hall–Kier alpha value is -2.04. The van der Waals surface area contributed by atoms with Crippen LogP contribution in [0.5, 0.6) is 0 Å². The van der Waals surface area contributed by atoms with Gasteiger partial charge in [0.05, 0.1) is 0 Å². The molecule has 1 aromatic rings. The van der Waals surface area contributed by atoms with Gasteiger partial charge >= 0.3 is 6.03 Å². The molecule has 0 radical (unpaired) electrons. The van der Waals surface area contributed by atoms with E-state index in [4.69, 9.17) is 0 Å². The van der Waals surface area contributed by atoms with Crippen molar-refractivity contribution < 1.29 is 9.59 Å². The Morgan fingerprint density at radius 2 is 2.09 bits per heavy atom. The molecule has 0 unspecified atom stereocenters. The van der Waals surface area contributed by atoms with Gasteiger partial charge in [0.15, 0.2) is 0 Å². The molecule has 3 amide bonds. The summed E-state index contributed by atoms with van der Waals surface area (Å²) in [7, 11) is 1.78. The third-order valence-corrected chi connectivity index (χ3v) is 4.11. The Morgan fingerprint density at radius 3 is 2.73 bits per heavy atom. The van der Waals surface area contributed by atoms with Crippen LogP contribution in [0.4, 0.5) is 4.79 Å². The lowest BCUT2D eigenvalue weighted by Crippen LogP contribution is -2.52. The Bertz CT molecular complexity index is 504. The predicted molar refractivity (Wildman–Crippen MR) is 86.6 cm³/mol. The Kier molecular flexibility index (Phi) is 5.81. The van der Waals surface area contributed by atoms with Crippen molar-refractivity contribution in [1.82, 2.24) is 15.5 Å². The number of piperidine rings is 1. The van der Waals surface area contributed by atoms with Crippen LogP contribution >= 0.6 is 0 Å². The highest BCUT2D eigenvalue weighted by Crippen LogP contribution is 2.10. The van der Waals surface area contributed by atoms with E-state index in [0.717, 1.165) is 12.8 Å². The minimum Gasteiger partial charge on any atom is -0.344 e. The number of carbonyl (C=O) groups is 2.